The summed E-state index contributed by atoms with van der Waals surface area (Å²) >= 11 is 11.5. The molecule has 0 fully saturated rings. The monoisotopic (exact) mass is 305 g/mol. The SMILES string of the molecule is Cc1n[nH]c(=S)n1N=Cc1c(Cl)n(C)c2ccccc12. The summed E-state index contributed by atoms with van der Waals surface area (Å²) in [6, 6.07) is 8.00. The molecule has 0 saturated heterocycles. The highest BCUT2D eigenvalue weighted by atomic mass is 35.5. The maximum absolute atomic E-state index is 6.37. The van der Waals surface area contributed by atoms with E-state index in [1.54, 1.807) is 10.9 Å². The van der Waals surface area contributed by atoms with Gasteiger partial charge in [-0.25, -0.2) is 0 Å². The second kappa shape index (κ2) is 4.88. The second-order valence-electron chi connectivity index (χ2n) is 4.41. The summed E-state index contributed by atoms with van der Waals surface area (Å²) in [6.45, 7) is 1.83. The molecule has 3 aromatic rings. The molecular formula is C13H12ClN5S. The number of aryl methyl sites for hydroxylation is 2. The molecule has 5 nitrogen and oxygen atoms in total. The van der Waals surface area contributed by atoms with Gasteiger partial charge in [0.2, 0.25) is 4.77 Å². The summed E-state index contributed by atoms with van der Waals surface area (Å²) in [4.78, 5) is 0. The fourth-order valence-corrected chi connectivity index (χ4v) is 2.60. The molecule has 102 valence electrons. The average molecular weight is 306 g/mol. The van der Waals surface area contributed by atoms with Crippen LogP contribution in [0.5, 0.6) is 0 Å². The van der Waals surface area contributed by atoms with Gasteiger partial charge >= 0.3 is 0 Å². The van der Waals surface area contributed by atoms with Gasteiger partial charge in [-0.3, -0.25) is 5.10 Å². The molecule has 0 unspecified atom stereocenters. The Kier molecular flexibility index (Phi) is 3.19. The first kappa shape index (κ1) is 13.1. The third-order valence-corrected chi connectivity index (χ3v) is 3.91. The van der Waals surface area contributed by atoms with E-state index in [4.69, 9.17) is 23.8 Å². The topological polar surface area (TPSA) is 50.9 Å². The number of aromatic amines is 1. The minimum Gasteiger partial charge on any atom is -0.334 e. The molecule has 0 aliphatic rings. The van der Waals surface area contributed by atoms with Gasteiger partial charge in [0, 0.05) is 23.5 Å². The molecule has 0 atom stereocenters. The fraction of sp³-hybridized carbons (Fsp3) is 0.154. The number of aromatic nitrogens is 4. The summed E-state index contributed by atoms with van der Waals surface area (Å²) in [5.41, 5.74) is 1.93. The molecule has 20 heavy (non-hydrogen) atoms. The van der Waals surface area contributed by atoms with Gasteiger partial charge in [0.1, 0.15) is 11.0 Å². The van der Waals surface area contributed by atoms with Crippen LogP contribution >= 0.6 is 23.8 Å². The van der Waals surface area contributed by atoms with Crippen LogP contribution in [0, 0.1) is 11.7 Å². The van der Waals surface area contributed by atoms with E-state index in [1.165, 1.54) is 0 Å². The number of halogens is 1. The highest BCUT2D eigenvalue weighted by Gasteiger charge is 2.11. The second-order valence-corrected chi connectivity index (χ2v) is 5.16. The van der Waals surface area contributed by atoms with Gasteiger partial charge in [-0.2, -0.15) is 14.9 Å². The number of benzene rings is 1. The molecule has 0 aliphatic carbocycles. The summed E-state index contributed by atoms with van der Waals surface area (Å²) in [5.74, 6) is 0.697. The number of nitrogens with one attached hydrogen (secondary N) is 1. The van der Waals surface area contributed by atoms with E-state index in [1.807, 2.05) is 42.8 Å². The van der Waals surface area contributed by atoms with Crippen LogP contribution in [0.3, 0.4) is 0 Å². The zero-order valence-electron chi connectivity index (χ0n) is 11.0. The Morgan fingerprint density at radius 1 is 1.40 bits per heavy atom. The third kappa shape index (κ3) is 1.97. The number of hydrogen-bond donors (Lipinski definition) is 1. The van der Waals surface area contributed by atoms with E-state index in [2.05, 4.69) is 15.3 Å². The zero-order valence-corrected chi connectivity index (χ0v) is 12.5. The van der Waals surface area contributed by atoms with Crippen LogP contribution in [0.1, 0.15) is 11.4 Å². The number of para-hydroxylation sites is 1. The van der Waals surface area contributed by atoms with Crippen molar-refractivity contribution < 1.29 is 0 Å². The van der Waals surface area contributed by atoms with Gasteiger partial charge in [-0.15, -0.1) is 0 Å². The Balaban J connectivity index is 2.17. The van der Waals surface area contributed by atoms with Gasteiger partial charge in [-0.05, 0) is 25.2 Å². The van der Waals surface area contributed by atoms with Gasteiger partial charge in [0.05, 0.1) is 6.21 Å². The zero-order chi connectivity index (χ0) is 14.3. The van der Waals surface area contributed by atoms with Crippen LogP contribution in [0.25, 0.3) is 10.9 Å². The van der Waals surface area contributed by atoms with Crippen molar-refractivity contribution in [3.05, 3.63) is 45.6 Å². The van der Waals surface area contributed by atoms with Crippen molar-refractivity contribution in [2.75, 3.05) is 0 Å². The third-order valence-electron chi connectivity index (χ3n) is 3.19. The highest BCUT2D eigenvalue weighted by molar-refractivity contribution is 7.71. The van der Waals surface area contributed by atoms with Crippen LogP contribution in [0.4, 0.5) is 0 Å². The van der Waals surface area contributed by atoms with E-state index in [-0.39, 0.29) is 0 Å². The summed E-state index contributed by atoms with van der Waals surface area (Å²) in [6.07, 6.45) is 1.71. The van der Waals surface area contributed by atoms with Crippen LogP contribution in [0.2, 0.25) is 5.15 Å². The Labute approximate surface area is 125 Å². The number of fused-ring (bicyclic) bond motifs is 1. The van der Waals surface area contributed by atoms with Crippen molar-refractivity contribution >= 4 is 40.9 Å². The summed E-state index contributed by atoms with van der Waals surface area (Å²) < 4.78 is 3.95. The largest absolute Gasteiger partial charge is 0.334 e. The Bertz CT molecular complexity index is 871. The first-order chi connectivity index (χ1) is 9.59. The standard InChI is InChI=1S/C13H12ClN5S/c1-8-16-17-13(20)19(8)15-7-10-9-5-3-4-6-11(9)18(2)12(10)14/h3-7H,1-2H3,(H,17,20). The van der Waals surface area contributed by atoms with Crippen LogP contribution in [0.15, 0.2) is 29.4 Å². The summed E-state index contributed by atoms with van der Waals surface area (Å²) in [7, 11) is 1.93. The predicted octanol–water partition coefficient (Wildman–Crippen LogP) is 3.28. The lowest BCUT2D eigenvalue weighted by atomic mass is 10.2. The van der Waals surface area contributed by atoms with Gasteiger partial charge in [-0.1, -0.05) is 29.8 Å². The van der Waals surface area contributed by atoms with E-state index in [9.17, 15) is 0 Å². The molecule has 1 aromatic carbocycles. The molecule has 1 N–H and O–H groups in total. The van der Waals surface area contributed by atoms with Crippen LogP contribution < -0.4 is 0 Å². The molecule has 3 rings (SSSR count). The molecule has 2 heterocycles. The number of H-pyrrole nitrogens is 1. The van der Waals surface area contributed by atoms with Crippen molar-refractivity contribution in [3.8, 4) is 0 Å². The van der Waals surface area contributed by atoms with E-state index >= 15 is 0 Å². The molecule has 0 bridgehead atoms. The van der Waals surface area contributed by atoms with E-state index in [0.29, 0.717) is 15.7 Å². The van der Waals surface area contributed by atoms with Crippen molar-refractivity contribution in [2.45, 2.75) is 6.92 Å². The van der Waals surface area contributed by atoms with Crippen molar-refractivity contribution in [2.24, 2.45) is 12.1 Å². The number of hydrogen-bond acceptors (Lipinski definition) is 3. The van der Waals surface area contributed by atoms with Gasteiger partial charge < -0.3 is 4.57 Å². The highest BCUT2D eigenvalue weighted by Crippen LogP contribution is 2.27. The summed E-state index contributed by atoms with van der Waals surface area (Å²) in [5, 5.41) is 12.8. The number of rotatable bonds is 2. The minimum atomic E-state index is 0.454. The molecular weight excluding hydrogens is 294 g/mol. The van der Waals surface area contributed by atoms with E-state index in [0.717, 1.165) is 16.5 Å². The first-order valence-corrected chi connectivity index (χ1v) is 6.79. The molecule has 7 heteroatoms. The Hall–Kier alpha value is -1.92. The molecule has 0 aliphatic heterocycles. The number of nitrogens with zero attached hydrogens (tertiary/aromatic N) is 4. The minimum absolute atomic E-state index is 0.454. The van der Waals surface area contributed by atoms with Crippen LogP contribution in [-0.2, 0) is 7.05 Å². The Morgan fingerprint density at radius 2 is 2.15 bits per heavy atom. The fourth-order valence-electron chi connectivity index (χ4n) is 2.14. The smallest absolute Gasteiger partial charge is 0.216 e. The normalized spacial score (nSPS) is 11.8. The van der Waals surface area contributed by atoms with Crippen molar-refractivity contribution in [1.82, 2.24) is 19.4 Å². The van der Waals surface area contributed by atoms with Crippen molar-refractivity contribution in [1.29, 1.82) is 0 Å². The Morgan fingerprint density at radius 3 is 2.85 bits per heavy atom. The molecule has 0 spiro atoms. The van der Waals surface area contributed by atoms with Crippen LogP contribution in [-0.4, -0.2) is 25.7 Å². The molecule has 0 amide bonds. The lowest BCUT2D eigenvalue weighted by Gasteiger charge is -1.96. The van der Waals surface area contributed by atoms with Crippen molar-refractivity contribution in [3.63, 3.8) is 0 Å². The molecule has 0 saturated carbocycles. The van der Waals surface area contributed by atoms with E-state index < -0.39 is 0 Å². The predicted molar refractivity (Wildman–Crippen MR) is 83.1 cm³/mol. The van der Waals surface area contributed by atoms with Gasteiger partial charge in [0.25, 0.3) is 0 Å². The molecule has 2 aromatic heterocycles. The van der Waals surface area contributed by atoms with Gasteiger partial charge in [0.15, 0.2) is 0 Å². The lowest BCUT2D eigenvalue weighted by Crippen LogP contribution is -1.94. The lowest BCUT2D eigenvalue weighted by molar-refractivity contribution is 0.821. The maximum Gasteiger partial charge on any atom is 0.216 e. The average Bonchev–Trinajstić information content (AvgIpc) is 2.89. The first-order valence-electron chi connectivity index (χ1n) is 6.01. The molecule has 0 radical (unpaired) electrons. The maximum atomic E-state index is 6.37. The quantitative estimate of drug-likeness (QED) is 0.583.